The van der Waals surface area contributed by atoms with E-state index in [-0.39, 0.29) is 0 Å². The van der Waals surface area contributed by atoms with Gasteiger partial charge in [0.2, 0.25) is 0 Å². The van der Waals surface area contributed by atoms with Crippen molar-refractivity contribution in [2.24, 2.45) is 0 Å². The molecule has 6 aromatic carbocycles. The van der Waals surface area contributed by atoms with Crippen molar-refractivity contribution in [3.8, 4) is 39.8 Å². The van der Waals surface area contributed by atoms with E-state index in [0.29, 0.717) is 5.82 Å². The molecule has 0 bridgehead atoms. The number of hydrogen-bond donors (Lipinski definition) is 0. The standard InChI is InChI=1S/C43H28N6/c1-3-14-29(15-4-1)41-45-42(30-16-5-2-6-17-30)49(46-41)33-27-37-36-22-9-12-25-40(36)48(43(37)44-28-33)32-19-13-18-31(26-32)47-38-23-10-7-20-34(38)35-21-8-11-24-39(35)47/h1-28H. The van der Waals surface area contributed by atoms with Gasteiger partial charge in [0.1, 0.15) is 5.65 Å². The Bertz CT molecular complexity index is 2770. The lowest BCUT2D eigenvalue weighted by atomic mass is 10.2. The maximum atomic E-state index is 5.15. The molecule has 230 valence electrons. The predicted molar refractivity (Wildman–Crippen MR) is 199 cm³/mol. The molecule has 0 atom stereocenters. The second-order valence-electron chi connectivity index (χ2n) is 12.2. The lowest BCUT2D eigenvalue weighted by molar-refractivity contribution is 0.886. The topological polar surface area (TPSA) is 53.5 Å². The lowest BCUT2D eigenvalue weighted by Crippen LogP contribution is -2.02. The fourth-order valence-electron chi connectivity index (χ4n) is 7.16. The molecule has 0 radical (unpaired) electrons. The zero-order chi connectivity index (χ0) is 32.3. The fraction of sp³-hybridized carbons (Fsp3) is 0. The van der Waals surface area contributed by atoms with Crippen LogP contribution in [0.25, 0.3) is 83.6 Å². The smallest absolute Gasteiger partial charge is 0.182 e. The molecule has 6 heteroatoms. The number of hydrogen-bond acceptors (Lipinski definition) is 3. The van der Waals surface area contributed by atoms with Crippen LogP contribution in [0.5, 0.6) is 0 Å². The van der Waals surface area contributed by atoms with Crippen LogP contribution in [0.2, 0.25) is 0 Å². The van der Waals surface area contributed by atoms with E-state index in [1.807, 2.05) is 59.4 Å². The van der Waals surface area contributed by atoms with Crippen molar-refractivity contribution >= 4 is 43.7 Å². The van der Waals surface area contributed by atoms with Gasteiger partial charge in [0.15, 0.2) is 11.6 Å². The van der Waals surface area contributed by atoms with Crippen LogP contribution >= 0.6 is 0 Å². The Morgan fingerprint density at radius 2 is 0.939 bits per heavy atom. The first-order valence-corrected chi connectivity index (χ1v) is 16.4. The van der Waals surface area contributed by atoms with Gasteiger partial charge < -0.3 is 4.57 Å². The third-order valence-corrected chi connectivity index (χ3v) is 9.34. The van der Waals surface area contributed by atoms with Crippen molar-refractivity contribution in [1.29, 1.82) is 0 Å². The average Bonchev–Trinajstić information content (AvgIpc) is 3.86. The maximum Gasteiger partial charge on any atom is 0.182 e. The van der Waals surface area contributed by atoms with Crippen LogP contribution in [-0.4, -0.2) is 28.9 Å². The molecular formula is C43H28N6. The van der Waals surface area contributed by atoms with Crippen molar-refractivity contribution in [2.45, 2.75) is 0 Å². The van der Waals surface area contributed by atoms with E-state index in [2.05, 4.69) is 124 Å². The minimum absolute atomic E-state index is 0.670. The van der Waals surface area contributed by atoms with E-state index in [4.69, 9.17) is 15.1 Å². The normalized spacial score (nSPS) is 11.7. The molecule has 0 amide bonds. The van der Waals surface area contributed by atoms with E-state index in [1.165, 1.54) is 21.8 Å². The average molecular weight is 629 g/mol. The Hall–Kier alpha value is -6.79. The highest BCUT2D eigenvalue weighted by molar-refractivity contribution is 6.10. The summed E-state index contributed by atoms with van der Waals surface area (Å²) in [5.74, 6) is 1.44. The second kappa shape index (κ2) is 10.9. The van der Waals surface area contributed by atoms with Crippen LogP contribution < -0.4 is 0 Å². The Balaban J connectivity index is 1.17. The van der Waals surface area contributed by atoms with Gasteiger partial charge >= 0.3 is 0 Å². The van der Waals surface area contributed by atoms with Gasteiger partial charge in [0.05, 0.1) is 28.4 Å². The quantitative estimate of drug-likeness (QED) is 0.191. The number of pyridine rings is 1. The van der Waals surface area contributed by atoms with Crippen LogP contribution in [0.15, 0.2) is 170 Å². The summed E-state index contributed by atoms with van der Waals surface area (Å²) in [6, 6.07) is 57.0. The highest BCUT2D eigenvalue weighted by Gasteiger charge is 2.19. The van der Waals surface area contributed by atoms with Crippen molar-refractivity contribution in [1.82, 2.24) is 28.9 Å². The van der Waals surface area contributed by atoms with Crippen LogP contribution in [0.4, 0.5) is 0 Å². The van der Waals surface area contributed by atoms with E-state index in [0.717, 1.165) is 55.9 Å². The van der Waals surface area contributed by atoms with Gasteiger partial charge in [-0.15, -0.1) is 5.10 Å². The third-order valence-electron chi connectivity index (χ3n) is 9.34. The minimum Gasteiger partial charge on any atom is -0.309 e. The van der Waals surface area contributed by atoms with Crippen LogP contribution in [0.1, 0.15) is 0 Å². The van der Waals surface area contributed by atoms with Crippen molar-refractivity contribution in [2.75, 3.05) is 0 Å². The largest absolute Gasteiger partial charge is 0.309 e. The van der Waals surface area contributed by atoms with E-state index in [9.17, 15) is 0 Å². The van der Waals surface area contributed by atoms with Crippen LogP contribution in [0.3, 0.4) is 0 Å². The van der Waals surface area contributed by atoms with Crippen LogP contribution in [-0.2, 0) is 0 Å². The Morgan fingerprint density at radius 3 is 1.59 bits per heavy atom. The Labute approximate surface area is 281 Å². The van der Waals surface area contributed by atoms with Crippen molar-refractivity contribution in [3.05, 3.63) is 170 Å². The first-order chi connectivity index (χ1) is 24.3. The SMILES string of the molecule is c1ccc(-c2nc(-c3ccccc3)n(-c3cnc4c(c3)c3ccccc3n4-c3cccc(-n4c5ccccc5c5ccccc54)c3)n2)cc1. The van der Waals surface area contributed by atoms with E-state index >= 15 is 0 Å². The fourth-order valence-corrected chi connectivity index (χ4v) is 7.16. The molecule has 0 unspecified atom stereocenters. The number of nitrogens with zero attached hydrogens (tertiary/aromatic N) is 6. The second-order valence-corrected chi connectivity index (χ2v) is 12.2. The zero-order valence-corrected chi connectivity index (χ0v) is 26.3. The monoisotopic (exact) mass is 628 g/mol. The molecule has 0 spiro atoms. The molecule has 0 N–H and O–H groups in total. The molecule has 0 fully saturated rings. The molecule has 4 aromatic heterocycles. The van der Waals surface area contributed by atoms with Gasteiger partial charge in [0.25, 0.3) is 0 Å². The summed E-state index contributed by atoms with van der Waals surface area (Å²) in [5.41, 5.74) is 9.29. The first-order valence-electron chi connectivity index (χ1n) is 16.4. The Kier molecular flexibility index (Phi) is 6.08. The Morgan fingerprint density at radius 1 is 0.408 bits per heavy atom. The van der Waals surface area contributed by atoms with Gasteiger partial charge in [-0.1, -0.05) is 121 Å². The number of benzene rings is 6. The van der Waals surface area contributed by atoms with E-state index in [1.54, 1.807) is 0 Å². The van der Waals surface area contributed by atoms with Gasteiger partial charge in [-0.2, -0.15) is 0 Å². The highest BCUT2D eigenvalue weighted by atomic mass is 15.4. The molecule has 4 heterocycles. The molecule has 10 aromatic rings. The highest BCUT2D eigenvalue weighted by Crippen LogP contribution is 2.36. The molecule has 0 aliphatic carbocycles. The predicted octanol–water partition coefficient (Wildman–Crippen LogP) is 10.2. The number of rotatable bonds is 5. The maximum absolute atomic E-state index is 5.15. The van der Waals surface area contributed by atoms with Gasteiger partial charge in [0, 0.05) is 44.0 Å². The number of fused-ring (bicyclic) bond motifs is 6. The molecule has 0 aliphatic heterocycles. The van der Waals surface area contributed by atoms with Crippen molar-refractivity contribution < 1.29 is 0 Å². The minimum atomic E-state index is 0.670. The molecule has 0 saturated carbocycles. The molecule has 0 aliphatic rings. The zero-order valence-electron chi connectivity index (χ0n) is 26.3. The summed E-state index contributed by atoms with van der Waals surface area (Å²) in [6.45, 7) is 0. The van der Waals surface area contributed by atoms with E-state index < -0.39 is 0 Å². The molecular weight excluding hydrogens is 601 g/mol. The molecule has 6 nitrogen and oxygen atoms in total. The summed E-state index contributed by atoms with van der Waals surface area (Å²) in [4.78, 5) is 10.2. The van der Waals surface area contributed by atoms with Crippen LogP contribution in [0, 0.1) is 0 Å². The number of aromatic nitrogens is 6. The third kappa shape index (κ3) is 4.31. The summed E-state index contributed by atoms with van der Waals surface area (Å²) >= 11 is 0. The summed E-state index contributed by atoms with van der Waals surface area (Å²) in [6.07, 6.45) is 1.91. The summed E-state index contributed by atoms with van der Waals surface area (Å²) in [7, 11) is 0. The van der Waals surface area contributed by atoms with Gasteiger partial charge in [-0.3, -0.25) is 4.57 Å². The molecule has 0 saturated heterocycles. The lowest BCUT2D eigenvalue weighted by Gasteiger charge is -2.12. The number of para-hydroxylation sites is 3. The first kappa shape index (κ1) is 27.3. The summed E-state index contributed by atoms with van der Waals surface area (Å²) < 4.78 is 6.54. The molecule has 49 heavy (non-hydrogen) atoms. The van der Waals surface area contributed by atoms with Gasteiger partial charge in [-0.05, 0) is 42.5 Å². The summed E-state index contributed by atoms with van der Waals surface area (Å²) in [5, 5.41) is 9.68. The van der Waals surface area contributed by atoms with Crippen molar-refractivity contribution in [3.63, 3.8) is 0 Å². The molecule has 10 rings (SSSR count). The van der Waals surface area contributed by atoms with Gasteiger partial charge in [-0.25, -0.2) is 14.6 Å².